The second-order valence-corrected chi connectivity index (χ2v) is 8.55. The molecule has 0 aliphatic heterocycles. The Morgan fingerprint density at radius 3 is 1.81 bits per heavy atom. The Morgan fingerprint density at radius 1 is 0.839 bits per heavy atom. The molecule has 0 saturated heterocycles. The highest BCUT2D eigenvalue weighted by Gasteiger charge is 2.10. The van der Waals surface area contributed by atoms with Gasteiger partial charge in [-0.05, 0) is 61.2 Å². The third-order valence-electron chi connectivity index (χ3n) is 4.67. The fourth-order valence-corrected chi connectivity index (χ4v) is 3.84. The molecule has 0 atom stereocenters. The van der Waals surface area contributed by atoms with Crippen molar-refractivity contribution in [3.8, 4) is 0 Å². The highest BCUT2D eigenvalue weighted by molar-refractivity contribution is 7.98. The fourth-order valence-electron chi connectivity index (χ4n) is 2.94. The number of nitrogens with zero attached hydrogens (tertiary/aromatic N) is 2. The van der Waals surface area contributed by atoms with E-state index in [4.69, 9.17) is 0 Å². The van der Waals surface area contributed by atoms with Gasteiger partial charge in [-0.15, -0.1) is 0 Å². The van der Waals surface area contributed by atoms with Gasteiger partial charge in [-0.1, -0.05) is 49.9 Å². The molecule has 0 unspecified atom stereocenters. The number of carbonyl (C=O) groups excluding carboxylic acids is 2. The molecule has 0 fully saturated rings. The molecule has 3 aromatic rings. The lowest BCUT2D eigenvalue weighted by atomic mass is 10.0. The zero-order valence-corrected chi connectivity index (χ0v) is 18.9. The molecule has 31 heavy (non-hydrogen) atoms. The van der Waals surface area contributed by atoms with E-state index in [0.717, 1.165) is 27.7 Å². The van der Waals surface area contributed by atoms with Crippen molar-refractivity contribution in [3.05, 3.63) is 88.2 Å². The van der Waals surface area contributed by atoms with E-state index < -0.39 is 0 Å². The number of aryl methyl sites for hydroxylation is 2. The minimum atomic E-state index is -0.371. The molecule has 2 aromatic carbocycles. The number of hydrogen-bond donors (Lipinski definition) is 2. The number of aromatic nitrogens is 2. The van der Waals surface area contributed by atoms with Crippen LogP contribution in [0.25, 0.3) is 0 Å². The van der Waals surface area contributed by atoms with Gasteiger partial charge in [0.25, 0.3) is 11.8 Å². The Morgan fingerprint density at radius 2 is 1.32 bits per heavy atom. The van der Waals surface area contributed by atoms with E-state index in [1.54, 1.807) is 36.0 Å². The SMILES string of the molecule is Cc1cc(C)nc(SCc2ccc(C(=O)NNC(=O)c3ccc(C(C)C)cc3)cc2)n1. The summed E-state index contributed by atoms with van der Waals surface area (Å²) in [7, 11) is 0. The van der Waals surface area contributed by atoms with Crippen LogP contribution < -0.4 is 10.9 Å². The van der Waals surface area contributed by atoms with Crippen molar-refractivity contribution in [1.82, 2.24) is 20.8 Å². The molecule has 2 N–H and O–H groups in total. The van der Waals surface area contributed by atoms with Crippen molar-refractivity contribution in [3.63, 3.8) is 0 Å². The third kappa shape index (κ3) is 6.39. The van der Waals surface area contributed by atoms with Crippen LogP contribution in [0.4, 0.5) is 0 Å². The maximum absolute atomic E-state index is 12.3. The van der Waals surface area contributed by atoms with Gasteiger partial charge in [0, 0.05) is 28.3 Å². The van der Waals surface area contributed by atoms with E-state index in [1.807, 2.05) is 44.2 Å². The van der Waals surface area contributed by atoms with Gasteiger partial charge in [-0.2, -0.15) is 0 Å². The van der Waals surface area contributed by atoms with E-state index in [-0.39, 0.29) is 11.8 Å². The molecule has 6 nitrogen and oxygen atoms in total. The van der Waals surface area contributed by atoms with Crippen molar-refractivity contribution in [2.75, 3.05) is 0 Å². The summed E-state index contributed by atoms with van der Waals surface area (Å²) in [4.78, 5) is 33.4. The van der Waals surface area contributed by atoms with Crippen molar-refractivity contribution >= 4 is 23.6 Å². The lowest BCUT2D eigenvalue weighted by Crippen LogP contribution is -2.41. The van der Waals surface area contributed by atoms with E-state index in [0.29, 0.717) is 22.8 Å². The smallest absolute Gasteiger partial charge is 0.267 e. The minimum Gasteiger partial charge on any atom is -0.267 e. The van der Waals surface area contributed by atoms with Crippen LogP contribution >= 0.6 is 11.8 Å². The zero-order valence-electron chi connectivity index (χ0n) is 18.1. The van der Waals surface area contributed by atoms with E-state index in [9.17, 15) is 9.59 Å². The predicted octanol–water partition coefficient (Wildman–Crippen LogP) is 4.58. The summed E-state index contributed by atoms with van der Waals surface area (Å²) < 4.78 is 0. The van der Waals surface area contributed by atoms with Crippen LogP contribution in [-0.2, 0) is 5.75 Å². The molecule has 0 bridgehead atoms. The second kappa shape index (κ2) is 10.2. The summed E-state index contributed by atoms with van der Waals surface area (Å²) in [6.45, 7) is 8.09. The van der Waals surface area contributed by atoms with E-state index in [1.165, 1.54) is 0 Å². The molecule has 160 valence electrons. The Labute approximate surface area is 186 Å². The number of rotatable bonds is 6. The second-order valence-electron chi connectivity index (χ2n) is 7.60. The summed E-state index contributed by atoms with van der Waals surface area (Å²) in [5, 5.41) is 0.739. The van der Waals surface area contributed by atoms with Gasteiger partial charge in [0.2, 0.25) is 0 Å². The maximum atomic E-state index is 12.3. The van der Waals surface area contributed by atoms with Crippen LogP contribution in [0.2, 0.25) is 0 Å². The normalized spacial score (nSPS) is 10.7. The van der Waals surface area contributed by atoms with Crippen molar-refractivity contribution < 1.29 is 9.59 Å². The van der Waals surface area contributed by atoms with Gasteiger partial charge in [-0.3, -0.25) is 20.4 Å². The Balaban J connectivity index is 1.52. The number of carbonyl (C=O) groups is 2. The molecule has 1 heterocycles. The molecule has 1 aromatic heterocycles. The third-order valence-corrected chi connectivity index (χ3v) is 5.59. The minimum absolute atomic E-state index is 0.356. The topological polar surface area (TPSA) is 84.0 Å². The first-order valence-electron chi connectivity index (χ1n) is 10.1. The first-order valence-corrected chi connectivity index (χ1v) is 11.0. The molecule has 0 saturated carbocycles. The predicted molar refractivity (Wildman–Crippen MR) is 123 cm³/mol. The number of nitrogens with one attached hydrogen (secondary N) is 2. The Bertz CT molecular complexity index is 1040. The zero-order chi connectivity index (χ0) is 22.4. The van der Waals surface area contributed by atoms with Crippen molar-refractivity contribution in [2.45, 2.75) is 44.5 Å². The fraction of sp³-hybridized carbons (Fsp3) is 0.250. The monoisotopic (exact) mass is 434 g/mol. The highest BCUT2D eigenvalue weighted by atomic mass is 32.2. The number of benzene rings is 2. The largest absolute Gasteiger partial charge is 0.269 e. The quantitative estimate of drug-likeness (QED) is 0.337. The average molecular weight is 435 g/mol. The van der Waals surface area contributed by atoms with Crippen LogP contribution in [0.1, 0.15) is 63.0 Å². The molecule has 7 heteroatoms. The lowest BCUT2D eigenvalue weighted by Gasteiger charge is -2.09. The molecular formula is C24H26N4O2S. The van der Waals surface area contributed by atoms with Gasteiger partial charge >= 0.3 is 0 Å². The van der Waals surface area contributed by atoms with Gasteiger partial charge in [0.15, 0.2) is 5.16 Å². The van der Waals surface area contributed by atoms with Gasteiger partial charge < -0.3 is 0 Å². The van der Waals surface area contributed by atoms with Gasteiger partial charge in [-0.25, -0.2) is 9.97 Å². The molecule has 2 amide bonds. The van der Waals surface area contributed by atoms with Crippen molar-refractivity contribution in [2.24, 2.45) is 0 Å². The first-order chi connectivity index (χ1) is 14.8. The molecule has 0 radical (unpaired) electrons. The number of hydrogen-bond acceptors (Lipinski definition) is 5. The summed E-state index contributed by atoms with van der Waals surface area (Å²) >= 11 is 1.55. The van der Waals surface area contributed by atoms with Crippen LogP contribution in [0.5, 0.6) is 0 Å². The van der Waals surface area contributed by atoms with Crippen LogP contribution in [0.15, 0.2) is 59.8 Å². The molecule has 3 rings (SSSR count). The summed E-state index contributed by atoms with van der Waals surface area (Å²) in [5.41, 5.74) is 9.97. The highest BCUT2D eigenvalue weighted by Crippen LogP contribution is 2.20. The number of thioether (sulfide) groups is 1. The average Bonchev–Trinajstić information content (AvgIpc) is 2.75. The van der Waals surface area contributed by atoms with E-state index >= 15 is 0 Å². The molecule has 0 aliphatic rings. The molecular weight excluding hydrogens is 408 g/mol. The first kappa shape index (κ1) is 22.5. The van der Waals surface area contributed by atoms with Gasteiger partial charge in [0.05, 0.1) is 0 Å². The van der Waals surface area contributed by atoms with Gasteiger partial charge in [0.1, 0.15) is 0 Å². The Hall–Kier alpha value is -3.19. The summed E-state index contributed by atoms with van der Waals surface area (Å²) in [5.74, 6) is 0.370. The molecule has 0 aliphatic carbocycles. The molecule has 0 spiro atoms. The van der Waals surface area contributed by atoms with Crippen LogP contribution in [-0.4, -0.2) is 21.8 Å². The summed E-state index contributed by atoms with van der Waals surface area (Å²) in [6.07, 6.45) is 0. The summed E-state index contributed by atoms with van der Waals surface area (Å²) in [6, 6.07) is 16.5. The standard InChI is InChI=1S/C24H26N4O2S/c1-15(2)19-9-11-21(12-10-19)23(30)28-27-22(29)20-7-5-18(6-8-20)14-31-24-25-16(3)13-17(4)26-24/h5-13,15H,14H2,1-4H3,(H,27,29)(H,28,30). The Kier molecular flexibility index (Phi) is 7.41. The number of amides is 2. The maximum Gasteiger partial charge on any atom is 0.269 e. The van der Waals surface area contributed by atoms with Crippen molar-refractivity contribution in [1.29, 1.82) is 0 Å². The lowest BCUT2D eigenvalue weighted by molar-refractivity contribution is 0.0846. The van der Waals surface area contributed by atoms with Crippen LogP contribution in [0.3, 0.4) is 0 Å². The van der Waals surface area contributed by atoms with Crippen LogP contribution in [0, 0.1) is 13.8 Å². The number of hydrazine groups is 1. The van der Waals surface area contributed by atoms with E-state index in [2.05, 4.69) is 34.7 Å².